The number of hydrogen-bond acceptors (Lipinski definition) is 3. The van der Waals surface area contributed by atoms with E-state index in [2.05, 4.69) is 44.3 Å². The Kier molecular flexibility index (Phi) is 5.10. The lowest BCUT2D eigenvalue weighted by molar-refractivity contribution is 0.477. The summed E-state index contributed by atoms with van der Waals surface area (Å²) < 4.78 is 2.98. The second-order valence-corrected chi connectivity index (χ2v) is 5.33. The molecule has 4 nitrogen and oxygen atoms in total. The quantitative estimate of drug-likeness (QED) is 0.889. The number of nitrogens with one attached hydrogen (secondary N) is 1. The second-order valence-electron chi connectivity index (χ2n) is 4.47. The molecular formula is C14H19BrN4. The van der Waals surface area contributed by atoms with Crippen LogP contribution in [0.5, 0.6) is 0 Å². The third kappa shape index (κ3) is 3.64. The summed E-state index contributed by atoms with van der Waals surface area (Å²) in [6.07, 6.45) is 5.65. The highest BCUT2D eigenvalue weighted by Gasteiger charge is 2.17. The molecule has 0 amide bonds. The van der Waals surface area contributed by atoms with Crippen LogP contribution in [0.1, 0.15) is 30.8 Å². The van der Waals surface area contributed by atoms with E-state index in [9.17, 15) is 0 Å². The van der Waals surface area contributed by atoms with Crippen LogP contribution in [0.2, 0.25) is 0 Å². The minimum absolute atomic E-state index is 0.286. The molecule has 0 aliphatic carbocycles. The molecule has 2 aromatic heterocycles. The zero-order chi connectivity index (χ0) is 13.7. The van der Waals surface area contributed by atoms with Crippen molar-refractivity contribution in [3.63, 3.8) is 0 Å². The normalized spacial score (nSPS) is 12.6. The van der Waals surface area contributed by atoms with Gasteiger partial charge in [-0.25, -0.2) is 0 Å². The lowest BCUT2D eigenvalue weighted by Crippen LogP contribution is -2.24. The SMILES string of the molecule is CCNC(CCc1ccccn1)c1c(Br)cnn1C. The van der Waals surface area contributed by atoms with Crippen LogP contribution in [0.3, 0.4) is 0 Å². The molecule has 0 bridgehead atoms. The number of aromatic nitrogens is 3. The third-order valence-electron chi connectivity index (χ3n) is 3.13. The van der Waals surface area contributed by atoms with Crippen molar-refractivity contribution in [1.29, 1.82) is 0 Å². The van der Waals surface area contributed by atoms with Crippen molar-refractivity contribution in [2.75, 3.05) is 6.54 Å². The predicted octanol–water partition coefficient (Wildman–Crippen LogP) is 2.86. The van der Waals surface area contributed by atoms with Crippen molar-refractivity contribution in [3.05, 3.63) is 46.5 Å². The van der Waals surface area contributed by atoms with Crippen LogP contribution < -0.4 is 5.32 Å². The molecule has 0 aliphatic rings. The molecular weight excluding hydrogens is 304 g/mol. The smallest absolute Gasteiger partial charge is 0.0692 e. The molecule has 1 N–H and O–H groups in total. The predicted molar refractivity (Wildman–Crippen MR) is 79.9 cm³/mol. The first-order valence-corrected chi connectivity index (χ1v) is 7.32. The second kappa shape index (κ2) is 6.82. The van der Waals surface area contributed by atoms with E-state index >= 15 is 0 Å². The molecule has 0 radical (unpaired) electrons. The Morgan fingerprint density at radius 3 is 2.84 bits per heavy atom. The summed E-state index contributed by atoms with van der Waals surface area (Å²) in [6.45, 7) is 3.06. The highest BCUT2D eigenvalue weighted by molar-refractivity contribution is 9.10. The van der Waals surface area contributed by atoms with Crippen LogP contribution in [-0.2, 0) is 13.5 Å². The summed E-state index contributed by atoms with van der Waals surface area (Å²) in [6, 6.07) is 6.34. The molecule has 1 unspecified atom stereocenters. The molecule has 1 atom stereocenters. The standard InChI is InChI=1S/C14H19BrN4/c1-3-16-13(14-12(15)10-18-19(14)2)8-7-11-6-4-5-9-17-11/h4-6,9-10,13,16H,3,7-8H2,1-2H3. The van der Waals surface area contributed by atoms with Crippen molar-refractivity contribution >= 4 is 15.9 Å². The zero-order valence-electron chi connectivity index (χ0n) is 11.3. The Bertz CT molecular complexity index is 490. The third-order valence-corrected chi connectivity index (χ3v) is 3.74. The maximum atomic E-state index is 4.38. The van der Waals surface area contributed by atoms with Crippen molar-refractivity contribution in [1.82, 2.24) is 20.1 Å². The van der Waals surface area contributed by atoms with Crippen molar-refractivity contribution in [2.45, 2.75) is 25.8 Å². The average Bonchev–Trinajstić information content (AvgIpc) is 2.76. The molecule has 0 saturated heterocycles. The maximum absolute atomic E-state index is 4.38. The first-order valence-electron chi connectivity index (χ1n) is 6.53. The topological polar surface area (TPSA) is 42.7 Å². The van der Waals surface area contributed by atoms with E-state index in [-0.39, 0.29) is 6.04 Å². The number of hydrogen-bond donors (Lipinski definition) is 1. The number of aryl methyl sites for hydroxylation is 2. The van der Waals surface area contributed by atoms with Crippen molar-refractivity contribution in [3.8, 4) is 0 Å². The number of halogens is 1. The molecule has 0 spiro atoms. The van der Waals surface area contributed by atoms with Gasteiger partial charge in [-0.15, -0.1) is 0 Å². The van der Waals surface area contributed by atoms with Gasteiger partial charge in [-0.3, -0.25) is 9.67 Å². The van der Waals surface area contributed by atoms with Crippen LogP contribution in [-0.4, -0.2) is 21.3 Å². The van der Waals surface area contributed by atoms with Crippen LogP contribution in [0.25, 0.3) is 0 Å². The summed E-state index contributed by atoms with van der Waals surface area (Å²) in [5, 5.41) is 7.81. The fourth-order valence-corrected chi connectivity index (χ4v) is 2.86. The van der Waals surface area contributed by atoms with Crippen LogP contribution in [0.4, 0.5) is 0 Å². The Balaban J connectivity index is 2.09. The Morgan fingerprint density at radius 2 is 2.26 bits per heavy atom. The molecule has 102 valence electrons. The summed E-state index contributed by atoms with van der Waals surface area (Å²) in [7, 11) is 1.98. The molecule has 19 heavy (non-hydrogen) atoms. The molecule has 2 rings (SSSR count). The average molecular weight is 323 g/mol. The van der Waals surface area contributed by atoms with Crippen LogP contribution >= 0.6 is 15.9 Å². The van der Waals surface area contributed by atoms with Gasteiger partial charge < -0.3 is 5.32 Å². The first kappa shape index (κ1) is 14.2. The van der Waals surface area contributed by atoms with Gasteiger partial charge >= 0.3 is 0 Å². The summed E-state index contributed by atoms with van der Waals surface area (Å²) >= 11 is 3.58. The monoisotopic (exact) mass is 322 g/mol. The van der Waals surface area contributed by atoms with Gasteiger partial charge in [-0.1, -0.05) is 13.0 Å². The lowest BCUT2D eigenvalue weighted by Gasteiger charge is -2.18. The molecule has 2 aromatic rings. The van der Waals surface area contributed by atoms with Crippen LogP contribution in [0, 0.1) is 0 Å². The first-order chi connectivity index (χ1) is 9.22. The summed E-state index contributed by atoms with van der Waals surface area (Å²) in [4.78, 5) is 4.38. The van der Waals surface area contributed by atoms with E-state index in [0.717, 1.165) is 29.6 Å². The van der Waals surface area contributed by atoms with Gasteiger partial charge in [0.25, 0.3) is 0 Å². The van der Waals surface area contributed by atoms with Gasteiger partial charge in [0, 0.05) is 18.9 Å². The van der Waals surface area contributed by atoms with Gasteiger partial charge in [0.15, 0.2) is 0 Å². The molecule has 5 heteroatoms. The van der Waals surface area contributed by atoms with Gasteiger partial charge in [0.1, 0.15) is 0 Å². The van der Waals surface area contributed by atoms with E-state index < -0.39 is 0 Å². The molecule has 0 fully saturated rings. The van der Waals surface area contributed by atoms with E-state index in [4.69, 9.17) is 0 Å². The van der Waals surface area contributed by atoms with E-state index in [0.29, 0.717) is 0 Å². The van der Waals surface area contributed by atoms with Crippen LogP contribution in [0.15, 0.2) is 35.1 Å². The number of nitrogens with zero attached hydrogens (tertiary/aromatic N) is 3. The summed E-state index contributed by atoms with van der Waals surface area (Å²) in [5.41, 5.74) is 2.32. The van der Waals surface area contributed by atoms with Gasteiger partial charge in [0.2, 0.25) is 0 Å². The van der Waals surface area contributed by atoms with E-state index in [1.807, 2.05) is 36.3 Å². The Morgan fingerprint density at radius 1 is 1.42 bits per heavy atom. The van der Waals surface area contributed by atoms with Crippen molar-refractivity contribution < 1.29 is 0 Å². The van der Waals surface area contributed by atoms with Crippen molar-refractivity contribution in [2.24, 2.45) is 7.05 Å². The fourth-order valence-electron chi connectivity index (χ4n) is 2.23. The summed E-state index contributed by atoms with van der Waals surface area (Å²) in [5.74, 6) is 0. The molecule has 0 aliphatic heterocycles. The van der Waals surface area contributed by atoms with E-state index in [1.54, 1.807) is 0 Å². The molecule has 0 saturated carbocycles. The zero-order valence-corrected chi connectivity index (χ0v) is 12.9. The highest BCUT2D eigenvalue weighted by atomic mass is 79.9. The Hall–Kier alpha value is -1.20. The fraction of sp³-hybridized carbons (Fsp3) is 0.429. The number of pyridine rings is 1. The van der Waals surface area contributed by atoms with Gasteiger partial charge in [-0.2, -0.15) is 5.10 Å². The Labute approximate surface area is 122 Å². The maximum Gasteiger partial charge on any atom is 0.0692 e. The molecule has 2 heterocycles. The van der Waals surface area contributed by atoms with E-state index in [1.165, 1.54) is 5.69 Å². The van der Waals surface area contributed by atoms with Gasteiger partial charge in [-0.05, 0) is 47.4 Å². The lowest BCUT2D eigenvalue weighted by atomic mass is 10.1. The molecule has 0 aromatic carbocycles. The largest absolute Gasteiger partial charge is 0.309 e. The van der Waals surface area contributed by atoms with Gasteiger partial charge in [0.05, 0.1) is 22.4 Å². The highest BCUT2D eigenvalue weighted by Crippen LogP contribution is 2.25. The number of rotatable bonds is 6. The minimum atomic E-state index is 0.286. The minimum Gasteiger partial charge on any atom is -0.309 e.